The van der Waals surface area contributed by atoms with Gasteiger partial charge in [-0.3, -0.25) is 4.79 Å². The predicted molar refractivity (Wildman–Crippen MR) is 81.4 cm³/mol. The molecule has 0 atom stereocenters. The maximum atomic E-state index is 11.9. The van der Waals surface area contributed by atoms with Gasteiger partial charge in [0, 0.05) is 42.9 Å². The first kappa shape index (κ1) is 14.8. The molecule has 21 heavy (non-hydrogen) atoms. The van der Waals surface area contributed by atoms with Crippen LogP contribution in [0.4, 0.5) is 0 Å². The minimum atomic E-state index is -0.362. The summed E-state index contributed by atoms with van der Waals surface area (Å²) in [6.45, 7) is 1.06. The first-order chi connectivity index (χ1) is 10.3. The van der Waals surface area contributed by atoms with Gasteiger partial charge >= 0.3 is 0 Å². The molecule has 1 aromatic heterocycles. The van der Waals surface area contributed by atoms with E-state index in [9.17, 15) is 4.79 Å². The van der Waals surface area contributed by atoms with Crippen LogP contribution < -0.4 is 5.32 Å². The molecule has 2 aromatic rings. The number of hydrogen-bond acceptors (Lipinski definition) is 3. The first-order valence-corrected chi connectivity index (χ1v) is 6.71. The third kappa shape index (κ3) is 3.71. The molecule has 0 unspecified atom stereocenters. The molecule has 5 nitrogen and oxygen atoms in total. The van der Waals surface area contributed by atoms with Gasteiger partial charge in [-0.05, 0) is 18.6 Å². The molecule has 5 heteroatoms. The maximum absolute atomic E-state index is 11.9. The Morgan fingerprint density at radius 2 is 2.29 bits per heavy atom. The topological polar surface area (TPSA) is 77.9 Å². The van der Waals surface area contributed by atoms with E-state index in [2.05, 4.69) is 10.3 Å². The number of carbonyl (C=O) groups is 1. The van der Waals surface area contributed by atoms with Crippen LogP contribution in [0.5, 0.6) is 0 Å². The van der Waals surface area contributed by atoms with Crippen molar-refractivity contribution in [2.45, 2.75) is 6.42 Å². The Balaban J connectivity index is 2.13. The summed E-state index contributed by atoms with van der Waals surface area (Å²) in [7, 11) is 1.61. The second kappa shape index (κ2) is 7.27. The lowest BCUT2D eigenvalue weighted by Crippen LogP contribution is -2.26. The van der Waals surface area contributed by atoms with Gasteiger partial charge in [0.25, 0.3) is 5.91 Å². The minimum absolute atomic E-state index is 0.0946. The molecule has 0 saturated heterocycles. The second-order valence-corrected chi connectivity index (χ2v) is 4.56. The molecule has 0 aliphatic heterocycles. The number of nitrogens with one attached hydrogen (secondary N) is 2. The van der Waals surface area contributed by atoms with Crippen LogP contribution in [-0.2, 0) is 9.53 Å². The van der Waals surface area contributed by atoms with Crippen molar-refractivity contribution < 1.29 is 9.53 Å². The van der Waals surface area contributed by atoms with Crippen molar-refractivity contribution in [1.82, 2.24) is 10.3 Å². The van der Waals surface area contributed by atoms with Crippen LogP contribution in [-0.4, -0.2) is 31.2 Å². The van der Waals surface area contributed by atoms with E-state index in [1.807, 2.05) is 30.3 Å². The zero-order valence-electron chi connectivity index (χ0n) is 11.8. The summed E-state index contributed by atoms with van der Waals surface area (Å²) in [6.07, 6.45) is 4.11. The Morgan fingerprint density at radius 1 is 1.48 bits per heavy atom. The van der Waals surface area contributed by atoms with Gasteiger partial charge in [-0.15, -0.1) is 0 Å². The van der Waals surface area contributed by atoms with Crippen molar-refractivity contribution in [3.63, 3.8) is 0 Å². The Labute approximate surface area is 123 Å². The molecule has 108 valence electrons. The molecule has 2 rings (SSSR count). The molecule has 1 heterocycles. The molecular weight excluding hydrogens is 266 g/mol. The second-order valence-electron chi connectivity index (χ2n) is 4.56. The zero-order chi connectivity index (χ0) is 15.1. The van der Waals surface area contributed by atoms with E-state index in [1.54, 1.807) is 19.4 Å². The molecule has 0 fully saturated rings. The Bertz CT molecular complexity index is 695. The number of nitrogens with zero attached hydrogens (tertiary/aromatic N) is 1. The van der Waals surface area contributed by atoms with E-state index in [0.717, 1.165) is 16.5 Å². The lowest BCUT2D eigenvalue weighted by Gasteiger charge is -2.03. The molecular formula is C16H17N3O2. The van der Waals surface area contributed by atoms with E-state index >= 15 is 0 Å². The Morgan fingerprint density at radius 3 is 3.05 bits per heavy atom. The average Bonchev–Trinajstić information content (AvgIpc) is 2.92. The van der Waals surface area contributed by atoms with E-state index < -0.39 is 0 Å². The molecule has 1 aromatic carbocycles. The Hall–Kier alpha value is -2.58. The molecule has 2 N–H and O–H groups in total. The number of aromatic nitrogens is 1. The predicted octanol–water partition coefficient (Wildman–Crippen LogP) is 2.23. The third-order valence-corrected chi connectivity index (χ3v) is 3.10. The maximum Gasteiger partial charge on any atom is 0.261 e. The van der Waals surface area contributed by atoms with Gasteiger partial charge in [0.1, 0.15) is 11.6 Å². The van der Waals surface area contributed by atoms with Gasteiger partial charge in [0.2, 0.25) is 0 Å². The molecule has 0 bridgehead atoms. The smallest absolute Gasteiger partial charge is 0.261 e. The summed E-state index contributed by atoms with van der Waals surface area (Å²) in [6, 6.07) is 9.70. The number of hydrogen-bond donors (Lipinski definition) is 2. The number of carbonyl (C=O) groups excluding carboxylic acids is 1. The number of ether oxygens (including phenoxy) is 1. The average molecular weight is 283 g/mol. The summed E-state index contributed by atoms with van der Waals surface area (Å²) >= 11 is 0. The van der Waals surface area contributed by atoms with Crippen molar-refractivity contribution in [1.29, 1.82) is 5.26 Å². The number of aromatic amines is 1. The fraction of sp³-hybridized carbons (Fsp3) is 0.250. The quantitative estimate of drug-likeness (QED) is 0.485. The number of para-hydroxylation sites is 1. The highest BCUT2D eigenvalue weighted by Gasteiger charge is 2.09. The number of rotatable bonds is 6. The van der Waals surface area contributed by atoms with Gasteiger partial charge in [-0.1, -0.05) is 18.2 Å². The highest BCUT2D eigenvalue weighted by molar-refractivity contribution is 6.03. The lowest BCUT2D eigenvalue weighted by atomic mass is 10.1. The van der Waals surface area contributed by atoms with Crippen LogP contribution in [0.3, 0.4) is 0 Å². The monoisotopic (exact) mass is 283 g/mol. The fourth-order valence-corrected chi connectivity index (χ4v) is 2.03. The van der Waals surface area contributed by atoms with Crippen molar-refractivity contribution in [2.24, 2.45) is 0 Å². The van der Waals surface area contributed by atoms with Gasteiger partial charge in [0.05, 0.1) is 0 Å². The molecule has 0 saturated carbocycles. The highest BCUT2D eigenvalue weighted by Crippen LogP contribution is 2.20. The van der Waals surface area contributed by atoms with Gasteiger partial charge in [-0.25, -0.2) is 0 Å². The van der Waals surface area contributed by atoms with Crippen LogP contribution in [0.2, 0.25) is 0 Å². The molecule has 0 aliphatic carbocycles. The zero-order valence-corrected chi connectivity index (χ0v) is 11.8. The van der Waals surface area contributed by atoms with Crippen LogP contribution in [0.25, 0.3) is 17.0 Å². The van der Waals surface area contributed by atoms with E-state index in [0.29, 0.717) is 19.6 Å². The number of H-pyrrole nitrogens is 1. The van der Waals surface area contributed by atoms with Crippen molar-refractivity contribution in [3.05, 3.63) is 41.6 Å². The SMILES string of the molecule is COCCCNC(=O)C(C#N)=Cc1c[nH]c2ccccc12. The van der Waals surface area contributed by atoms with Crippen molar-refractivity contribution >= 4 is 22.9 Å². The minimum Gasteiger partial charge on any atom is -0.385 e. The summed E-state index contributed by atoms with van der Waals surface area (Å²) < 4.78 is 4.91. The summed E-state index contributed by atoms with van der Waals surface area (Å²) in [5.41, 5.74) is 1.90. The molecule has 1 amide bonds. The highest BCUT2D eigenvalue weighted by atomic mass is 16.5. The van der Waals surface area contributed by atoms with Crippen LogP contribution in [0, 0.1) is 11.3 Å². The number of methoxy groups -OCH3 is 1. The third-order valence-electron chi connectivity index (χ3n) is 3.10. The van der Waals surface area contributed by atoms with Crippen LogP contribution in [0.1, 0.15) is 12.0 Å². The number of benzene rings is 1. The lowest BCUT2D eigenvalue weighted by molar-refractivity contribution is -0.117. The normalized spacial score (nSPS) is 11.3. The molecule has 0 radical (unpaired) electrons. The number of fused-ring (bicyclic) bond motifs is 1. The van der Waals surface area contributed by atoms with Gasteiger partial charge < -0.3 is 15.0 Å². The standard InChI is InChI=1S/C16H17N3O2/c1-21-8-4-7-18-16(20)12(10-17)9-13-11-19-15-6-3-2-5-14(13)15/h2-3,5-6,9,11,19H,4,7-8H2,1H3,(H,18,20). The Kier molecular flexibility index (Phi) is 5.13. The summed E-state index contributed by atoms with van der Waals surface area (Å²) in [4.78, 5) is 15.1. The first-order valence-electron chi connectivity index (χ1n) is 6.71. The van der Waals surface area contributed by atoms with Crippen molar-refractivity contribution in [2.75, 3.05) is 20.3 Å². The summed E-state index contributed by atoms with van der Waals surface area (Å²) in [5, 5.41) is 12.8. The van der Waals surface area contributed by atoms with Crippen molar-refractivity contribution in [3.8, 4) is 6.07 Å². The number of amides is 1. The molecule has 0 spiro atoms. The van der Waals surface area contributed by atoms with Gasteiger partial charge in [-0.2, -0.15) is 5.26 Å². The van der Waals surface area contributed by atoms with Crippen LogP contribution in [0.15, 0.2) is 36.0 Å². The largest absolute Gasteiger partial charge is 0.385 e. The van der Waals surface area contributed by atoms with Crippen LogP contribution >= 0.6 is 0 Å². The summed E-state index contributed by atoms with van der Waals surface area (Å²) in [5.74, 6) is -0.362. The van der Waals surface area contributed by atoms with E-state index in [4.69, 9.17) is 10.00 Å². The number of nitriles is 1. The molecule has 0 aliphatic rings. The fourth-order valence-electron chi connectivity index (χ4n) is 2.03. The van der Waals surface area contributed by atoms with E-state index in [1.165, 1.54) is 0 Å². The van der Waals surface area contributed by atoms with E-state index in [-0.39, 0.29) is 11.5 Å². The van der Waals surface area contributed by atoms with Gasteiger partial charge in [0.15, 0.2) is 0 Å².